The molecule has 0 atom stereocenters. The molecule has 0 saturated carbocycles. The van der Waals surface area contributed by atoms with E-state index in [0.717, 1.165) is 0 Å². The molecule has 0 bridgehead atoms. The smallest absolute Gasteiger partial charge is 0.187 e. The number of hydrogen-bond acceptors (Lipinski definition) is 2. The maximum Gasteiger partial charge on any atom is 0.187 e. The Morgan fingerprint density at radius 2 is 1.61 bits per heavy atom. The Bertz CT molecular complexity index is 413. The molecule has 0 aliphatic heterocycles. The maximum absolute atomic E-state index is 11.9. The van der Waals surface area contributed by atoms with Gasteiger partial charge in [0.2, 0.25) is 0 Å². The largest absolute Gasteiger partial charge is 0.372 e. The van der Waals surface area contributed by atoms with Crippen molar-refractivity contribution >= 4 is 17.4 Å². The van der Waals surface area contributed by atoms with Gasteiger partial charge in [0.1, 0.15) is 0 Å². The van der Waals surface area contributed by atoms with E-state index in [4.69, 9.17) is 11.6 Å². The minimum absolute atomic E-state index is 0.00188. The van der Waals surface area contributed by atoms with Crippen LogP contribution in [0.3, 0.4) is 0 Å². The third-order valence-electron chi connectivity index (χ3n) is 2.72. The first kappa shape index (κ1) is 14.8. The summed E-state index contributed by atoms with van der Waals surface area (Å²) in [5.41, 5.74) is 0.656. The fourth-order valence-corrected chi connectivity index (χ4v) is 1.93. The molecule has 0 fully saturated rings. The van der Waals surface area contributed by atoms with Crippen molar-refractivity contribution in [3.8, 4) is 0 Å². The highest BCUT2D eigenvalue weighted by molar-refractivity contribution is 6.30. The fourth-order valence-electron chi connectivity index (χ4n) is 1.80. The second-order valence-electron chi connectivity index (χ2n) is 4.82. The van der Waals surface area contributed by atoms with Gasteiger partial charge in [-0.25, -0.2) is 0 Å². The summed E-state index contributed by atoms with van der Waals surface area (Å²) in [6.07, 6.45) is 3.48. The van der Waals surface area contributed by atoms with E-state index in [1.165, 1.54) is 0 Å². The fraction of sp³-hybridized carbons (Fsp3) is 0.400. The van der Waals surface area contributed by atoms with Crippen LogP contribution in [0.5, 0.6) is 0 Å². The molecule has 1 aromatic carbocycles. The molecule has 0 unspecified atom stereocenters. The van der Waals surface area contributed by atoms with Gasteiger partial charge in [-0.05, 0) is 52.0 Å². The van der Waals surface area contributed by atoms with Crippen molar-refractivity contribution in [1.82, 2.24) is 4.90 Å². The van der Waals surface area contributed by atoms with E-state index in [9.17, 15) is 4.79 Å². The quantitative estimate of drug-likeness (QED) is 0.589. The molecule has 0 amide bonds. The summed E-state index contributed by atoms with van der Waals surface area (Å²) in [4.78, 5) is 14.1. The van der Waals surface area contributed by atoms with Crippen LogP contribution < -0.4 is 0 Å². The van der Waals surface area contributed by atoms with Crippen LogP contribution in [0, 0.1) is 0 Å². The summed E-state index contributed by atoms with van der Waals surface area (Å²) in [7, 11) is 0. The second kappa shape index (κ2) is 6.60. The molecule has 98 valence electrons. The molecule has 0 aromatic heterocycles. The zero-order valence-electron chi connectivity index (χ0n) is 11.4. The zero-order valence-corrected chi connectivity index (χ0v) is 12.1. The predicted molar refractivity (Wildman–Crippen MR) is 77.0 cm³/mol. The average molecular weight is 266 g/mol. The SMILES string of the molecule is CC(C)N(/C=C/C(=O)c1ccc(Cl)cc1)C(C)C. The third kappa shape index (κ3) is 4.19. The minimum Gasteiger partial charge on any atom is -0.372 e. The number of allylic oxidation sites excluding steroid dienone is 1. The number of carbonyl (C=O) groups is 1. The summed E-state index contributed by atoms with van der Waals surface area (Å²) in [5, 5.41) is 0.640. The van der Waals surface area contributed by atoms with Crippen molar-refractivity contribution in [3.05, 3.63) is 47.1 Å². The highest BCUT2D eigenvalue weighted by Gasteiger charge is 2.09. The highest BCUT2D eigenvalue weighted by atomic mass is 35.5. The molecule has 1 aromatic rings. The van der Waals surface area contributed by atoms with Crippen LogP contribution in [-0.2, 0) is 0 Å². The Balaban J connectivity index is 2.77. The van der Waals surface area contributed by atoms with E-state index >= 15 is 0 Å². The summed E-state index contributed by atoms with van der Waals surface area (Å²) >= 11 is 5.79. The number of halogens is 1. The third-order valence-corrected chi connectivity index (χ3v) is 2.97. The first-order chi connectivity index (χ1) is 8.41. The van der Waals surface area contributed by atoms with E-state index in [-0.39, 0.29) is 5.78 Å². The monoisotopic (exact) mass is 265 g/mol. The molecule has 0 saturated heterocycles. The standard InChI is InChI=1S/C15H20ClNO/c1-11(2)17(12(3)4)10-9-15(18)13-5-7-14(16)8-6-13/h5-12H,1-4H3/b10-9+. The number of ketones is 1. The van der Waals surface area contributed by atoms with Crippen LogP contribution >= 0.6 is 11.6 Å². The summed E-state index contributed by atoms with van der Waals surface area (Å²) in [5.74, 6) is -0.00188. The zero-order chi connectivity index (χ0) is 13.7. The Labute approximate surface area is 114 Å². The number of hydrogen-bond donors (Lipinski definition) is 0. The first-order valence-corrected chi connectivity index (χ1v) is 6.55. The lowest BCUT2D eigenvalue weighted by Gasteiger charge is -2.29. The van der Waals surface area contributed by atoms with Gasteiger partial charge in [0.25, 0.3) is 0 Å². The molecule has 18 heavy (non-hydrogen) atoms. The second-order valence-corrected chi connectivity index (χ2v) is 5.26. The first-order valence-electron chi connectivity index (χ1n) is 6.17. The summed E-state index contributed by atoms with van der Waals surface area (Å²) in [6, 6.07) is 7.68. The van der Waals surface area contributed by atoms with E-state index in [0.29, 0.717) is 22.7 Å². The molecule has 0 radical (unpaired) electrons. The van der Waals surface area contributed by atoms with Crippen LogP contribution in [0.2, 0.25) is 5.02 Å². The number of rotatable bonds is 5. The van der Waals surface area contributed by atoms with Gasteiger partial charge in [0.15, 0.2) is 5.78 Å². The number of benzene rings is 1. The van der Waals surface area contributed by atoms with E-state index in [1.807, 2.05) is 6.20 Å². The van der Waals surface area contributed by atoms with Gasteiger partial charge < -0.3 is 4.90 Å². The minimum atomic E-state index is -0.00188. The Kier molecular flexibility index (Phi) is 5.42. The normalized spacial score (nSPS) is 11.5. The number of nitrogens with zero attached hydrogens (tertiary/aromatic N) is 1. The van der Waals surface area contributed by atoms with Gasteiger partial charge in [-0.15, -0.1) is 0 Å². The van der Waals surface area contributed by atoms with Gasteiger partial charge in [-0.1, -0.05) is 11.6 Å². The van der Waals surface area contributed by atoms with Crippen molar-refractivity contribution in [2.75, 3.05) is 0 Å². The molecule has 0 N–H and O–H groups in total. The van der Waals surface area contributed by atoms with Gasteiger partial charge in [0, 0.05) is 34.9 Å². The van der Waals surface area contributed by atoms with Crippen molar-refractivity contribution < 1.29 is 4.79 Å². The molecule has 3 heteroatoms. The summed E-state index contributed by atoms with van der Waals surface area (Å²) < 4.78 is 0. The lowest BCUT2D eigenvalue weighted by molar-refractivity contribution is 0.104. The topological polar surface area (TPSA) is 20.3 Å². The molecule has 0 spiro atoms. The van der Waals surface area contributed by atoms with Crippen LogP contribution in [0.4, 0.5) is 0 Å². The average Bonchev–Trinajstić information content (AvgIpc) is 2.28. The van der Waals surface area contributed by atoms with Gasteiger partial charge >= 0.3 is 0 Å². The molecule has 2 nitrogen and oxygen atoms in total. The highest BCUT2D eigenvalue weighted by Crippen LogP contribution is 2.11. The van der Waals surface area contributed by atoms with Crippen LogP contribution in [0.25, 0.3) is 0 Å². The van der Waals surface area contributed by atoms with Crippen molar-refractivity contribution in [1.29, 1.82) is 0 Å². The molecular weight excluding hydrogens is 246 g/mol. The van der Waals surface area contributed by atoms with Gasteiger partial charge in [-0.2, -0.15) is 0 Å². The van der Waals surface area contributed by atoms with Crippen molar-refractivity contribution in [2.24, 2.45) is 0 Å². The Hall–Kier alpha value is -1.28. The van der Waals surface area contributed by atoms with Crippen molar-refractivity contribution in [2.45, 2.75) is 39.8 Å². The molecule has 0 aliphatic carbocycles. The van der Waals surface area contributed by atoms with Gasteiger partial charge in [-0.3, -0.25) is 4.79 Å². The Morgan fingerprint density at radius 3 is 2.06 bits per heavy atom. The van der Waals surface area contributed by atoms with Crippen LogP contribution in [-0.4, -0.2) is 22.8 Å². The molecular formula is C15H20ClNO. The molecule has 1 rings (SSSR count). The van der Waals surface area contributed by atoms with Crippen LogP contribution in [0.15, 0.2) is 36.5 Å². The van der Waals surface area contributed by atoms with E-state index < -0.39 is 0 Å². The van der Waals surface area contributed by atoms with Gasteiger partial charge in [0.05, 0.1) is 0 Å². The maximum atomic E-state index is 11.9. The van der Waals surface area contributed by atoms with Crippen LogP contribution in [0.1, 0.15) is 38.1 Å². The number of carbonyl (C=O) groups excluding carboxylic acids is 1. The van der Waals surface area contributed by atoms with Crippen molar-refractivity contribution in [3.63, 3.8) is 0 Å². The lowest BCUT2D eigenvalue weighted by Crippen LogP contribution is -2.32. The predicted octanol–water partition coefficient (Wildman–Crippen LogP) is 4.16. The van der Waals surface area contributed by atoms with E-state index in [2.05, 4.69) is 32.6 Å². The van der Waals surface area contributed by atoms with E-state index in [1.54, 1.807) is 30.3 Å². The lowest BCUT2D eigenvalue weighted by atomic mass is 10.1. The molecule has 0 aliphatic rings. The Morgan fingerprint density at radius 1 is 1.11 bits per heavy atom. The molecule has 0 heterocycles. The summed E-state index contributed by atoms with van der Waals surface area (Å²) in [6.45, 7) is 8.43.